The Morgan fingerprint density at radius 1 is 1.21 bits per heavy atom. The Kier molecular flexibility index (Phi) is 4.14. The molecule has 0 saturated heterocycles. The SMILES string of the molecule is COc1cc(C)ccc1C(NN)c1ccc(C)nc1. The van der Waals surface area contributed by atoms with Crippen molar-refractivity contribution < 1.29 is 4.74 Å². The molecule has 0 aliphatic carbocycles. The van der Waals surface area contributed by atoms with Gasteiger partial charge < -0.3 is 4.74 Å². The lowest BCUT2D eigenvalue weighted by atomic mass is 9.98. The van der Waals surface area contributed by atoms with Gasteiger partial charge in [0.25, 0.3) is 0 Å². The first-order valence-corrected chi connectivity index (χ1v) is 6.19. The molecule has 0 spiro atoms. The summed E-state index contributed by atoms with van der Waals surface area (Å²) in [7, 11) is 1.67. The van der Waals surface area contributed by atoms with E-state index in [0.717, 1.165) is 28.1 Å². The minimum Gasteiger partial charge on any atom is -0.496 e. The Morgan fingerprint density at radius 3 is 2.58 bits per heavy atom. The number of aryl methyl sites for hydroxylation is 2. The molecule has 100 valence electrons. The van der Waals surface area contributed by atoms with Crippen molar-refractivity contribution >= 4 is 0 Å². The number of ether oxygens (including phenoxy) is 1. The minimum absolute atomic E-state index is 0.136. The molecule has 1 atom stereocenters. The van der Waals surface area contributed by atoms with Gasteiger partial charge in [-0.15, -0.1) is 0 Å². The smallest absolute Gasteiger partial charge is 0.124 e. The zero-order valence-electron chi connectivity index (χ0n) is 11.5. The molecule has 0 saturated carbocycles. The third kappa shape index (κ3) is 2.92. The van der Waals surface area contributed by atoms with Gasteiger partial charge in [-0.1, -0.05) is 18.2 Å². The molecule has 2 aromatic rings. The normalized spacial score (nSPS) is 12.2. The van der Waals surface area contributed by atoms with E-state index >= 15 is 0 Å². The summed E-state index contributed by atoms with van der Waals surface area (Å²) < 4.78 is 5.44. The minimum atomic E-state index is -0.136. The van der Waals surface area contributed by atoms with E-state index in [-0.39, 0.29) is 6.04 Å². The first-order chi connectivity index (χ1) is 9.15. The maximum Gasteiger partial charge on any atom is 0.124 e. The zero-order chi connectivity index (χ0) is 13.8. The summed E-state index contributed by atoms with van der Waals surface area (Å²) in [6, 6.07) is 9.93. The second kappa shape index (κ2) is 5.82. The largest absolute Gasteiger partial charge is 0.496 e. The van der Waals surface area contributed by atoms with Gasteiger partial charge in [0.1, 0.15) is 5.75 Å². The molecule has 1 unspecified atom stereocenters. The maximum absolute atomic E-state index is 5.70. The van der Waals surface area contributed by atoms with Crippen molar-refractivity contribution in [2.75, 3.05) is 7.11 Å². The van der Waals surface area contributed by atoms with Crippen LogP contribution in [0.1, 0.15) is 28.4 Å². The standard InChI is InChI=1S/C15H19N3O/c1-10-4-7-13(14(8-10)19-3)15(18-16)12-6-5-11(2)17-9-12/h4-9,15,18H,16H2,1-3H3. The number of pyridine rings is 1. The highest BCUT2D eigenvalue weighted by atomic mass is 16.5. The Morgan fingerprint density at radius 2 is 2.00 bits per heavy atom. The number of hydrogen-bond acceptors (Lipinski definition) is 4. The number of aromatic nitrogens is 1. The first-order valence-electron chi connectivity index (χ1n) is 6.19. The molecule has 0 fully saturated rings. The van der Waals surface area contributed by atoms with Gasteiger partial charge in [0.15, 0.2) is 0 Å². The van der Waals surface area contributed by atoms with Crippen molar-refractivity contribution in [1.82, 2.24) is 10.4 Å². The third-order valence-corrected chi connectivity index (χ3v) is 3.13. The predicted molar refractivity (Wildman–Crippen MR) is 75.9 cm³/mol. The van der Waals surface area contributed by atoms with Crippen LogP contribution in [-0.4, -0.2) is 12.1 Å². The van der Waals surface area contributed by atoms with Gasteiger partial charge >= 0.3 is 0 Å². The maximum atomic E-state index is 5.70. The monoisotopic (exact) mass is 257 g/mol. The van der Waals surface area contributed by atoms with Crippen molar-refractivity contribution in [3.63, 3.8) is 0 Å². The highest BCUT2D eigenvalue weighted by Crippen LogP contribution is 2.30. The molecule has 3 N–H and O–H groups in total. The van der Waals surface area contributed by atoms with Crippen molar-refractivity contribution in [1.29, 1.82) is 0 Å². The summed E-state index contributed by atoms with van der Waals surface area (Å²) in [5, 5.41) is 0. The average Bonchev–Trinajstić information content (AvgIpc) is 2.43. The van der Waals surface area contributed by atoms with E-state index in [1.165, 1.54) is 0 Å². The molecular formula is C15H19N3O. The Bertz CT molecular complexity index is 552. The lowest BCUT2D eigenvalue weighted by molar-refractivity contribution is 0.404. The Labute approximate surface area is 113 Å². The molecule has 2 rings (SSSR count). The quantitative estimate of drug-likeness (QED) is 0.651. The van der Waals surface area contributed by atoms with E-state index in [1.54, 1.807) is 7.11 Å². The highest BCUT2D eigenvalue weighted by molar-refractivity contribution is 5.43. The molecule has 0 radical (unpaired) electrons. The summed E-state index contributed by atoms with van der Waals surface area (Å²) >= 11 is 0. The molecule has 19 heavy (non-hydrogen) atoms. The van der Waals surface area contributed by atoms with Crippen LogP contribution >= 0.6 is 0 Å². The summed E-state index contributed by atoms with van der Waals surface area (Å²) in [5.74, 6) is 6.53. The van der Waals surface area contributed by atoms with Gasteiger partial charge in [-0.2, -0.15) is 0 Å². The lowest BCUT2D eigenvalue weighted by Gasteiger charge is -2.19. The van der Waals surface area contributed by atoms with Crippen LogP contribution in [-0.2, 0) is 0 Å². The van der Waals surface area contributed by atoms with E-state index < -0.39 is 0 Å². The molecule has 1 aromatic heterocycles. The van der Waals surface area contributed by atoms with Crippen LogP contribution in [0.25, 0.3) is 0 Å². The fraction of sp³-hybridized carbons (Fsp3) is 0.267. The molecule has 4 nitrogen and oxygen atoms in total. The molecule has 0 aliphatic heterocycles. The van der Waals surface area contributed by atoms with Crippen LogP contribution in [0.2, 0.25) is 0 Å². The van der Waals surface area contributed by atoms with Gasteiger partial charge in [-0.05, 0) is 37.1 Å². The summed E-state index contributed by atoms with van der Waals surface area (Å²) in [5.41, 5.74) is 6.97. The van der Waals surface area contributed by atoms with Crippen molar-refractivity contribution in [3.8, 4) is 5.75 Å². The molecular weight excluding hydrogens is 238 g/mol. The van der Waals surface area contributed by atoms with Gasteiger partial charge in [-0.25, -0.2) is 5.43 Å². The number of nitrogens with zero attached hydrogens (tertiary/aromatic N) is 1. The fourth-order valence-electron chi connectivity index (χ4n) is 2.07. The van der Waals surface area contributed by atoms with Crippen LogP contribution in [0.5, 0.6) is 5.75 Å². The number of hydrazine groups is 1. The van der Waals surface area contributed by atoms with Crippen LogP contribution < -0.4 is 16.0 Å². The van der Waals surface area contributed by atoms with E-state index in [9.17, 15) is 0 Å². The Hall–Kier alpha value is -1.91. The number of nitrogens with one attached hydrogen (secondary N) is 1. The van der Waals surface area contributed by atoms with Crippen LogP contribution in [0, 0.1) is 13.8 Å². The van der Waals surface area contributed by atoms with Gasteiger partial charge in [-0.3, -0.25) is 10.8 Å². The van der Waals surface area contributed by atoms with E-state index in [1.807, 2.05) is 50.4 Å². The molecule has 1 aromatic carbocycles. The summed E-state index contributed by atoms with van der Waals surface area (Å²) in [6.45, 7) is 3.99. The molecule has 0 aliphatic rings. The predicted octanol–water partition coefficient (Wildman–Crippen LogP) is 2.26. The molecule has 4 heteroatoms. The third-order valence-electron chi connectivity index (χ3n) is 3.13. The van der Waals surface area contributed by atoms with Gasteiger partial charge in [0.05, 0.1) is 13.2 Å². The number of benzene rings is 1. The van der Waals surface area contributed by atoms with E-state index in [2.05, 4.69) is 10.4 Å². The van der Waals surface area contributed by atoms with Gasteiger partial charge in [0, 0.05) is 17.5 Å². The summed E-state index contributed by atoms with van der Waals surface area (Å²) in [4.78, 5) is 4.31. The van der Waals surface area contributed by atoms with Crippen molar-refractivity contribution in [2.24, 2.45) is 5.84 Å². The van der Waals surface area contributed by atoms with Gasteiger partial charge in [0.2, 0.25) is 0 Å². The van der Waals surface area contributed by atoms with Crippen LogP contribution in [0.15, 0.2) is 36.5 Å². The Balaban J connectivity index is 2.44. The first kappa shape index (κ1) is 13.5. The second-order valence-electron chi connectivity index (χ2n) is 4.58. The molecule has 1 heterocycles. The fourth-order valence-corrected chi connectivity index (χ4v) is 2.07. The lowest BCUT2D eigenvalue weighted by Crippen LogP contribution is -2.29. The number of nitrogens with two attached hydrogens (primary N) is 1. The molecule has 0 amide bonds. The number of rotatable bonds is 4. The number of hydrogen-bond donors (Lipinski definition) is 2. The second-order valence-corrected chi connectivity index (χ2v) is 4.58. The van der Waals surface area contributed by atoms with Crippen molar-refractivity contribution in [2.45, 2.75) is 19.9 Å². The molecule has 0 bridgehead atoms. The highest BCUT2D eigenvalue weighted by Gasteiger charge is 2.17. The van der Waals surface area contributed by atoms with Crippen LogP contribution in [0.3, 0.4) is 0 Å². The van der Waals surface area contributed by atoms with E-state index in [4.69, 9.17) is 10.6 Å². The van der Waals surface area contributed by atoms with Crippen LogP contribution in [0.4, 0.5) is 0 Å². The number of methoxy groups -OCH3 is 1. The average molecular weight is 257 g/mol. The zero-order valence-corrected chi connectivity index (χ0v) is 11.5. The van der Waals surface area contributed by atoms with Crippen molar-refractivity contribution in [3.05, 3.63) is 58.9 Å². The topological polar surface area (TPSA) is 60.2 Å². The van der Waals surface area contributed by atoms with E-state index in [0.29, 0.717) is 0 Å². The summed E-state index contributed by atoms with van der Waals surface area (Å²) in [6.07, 6.45) is 1.83.